The van der Waals surface area contributed by atoms with Gasteiger partial charge in [-0.25, -0.2) is 0 Å². The molecule has 0 bridgehead atoms. The molecule has 0 radical (unpaired) electrons. The van der Waals surface area contributed by atoms with E-state index in [0.29, 0.717) is 5.92 Å². The van der Waals surface area contributed by atoms with Crippen molar-refractivity contribution in [1.29, 1.82) is 0 Å². The molecule has 152 valence electrons. The number of nitrogens with one attached hydrogen (secondary N) is 1. The number of carbonyl (C=O) groups excluding carboxylic acids is 1. The average Bonchev–Trinajstić information content (AvgIpc) is 3.02. The van der Waals surface area contributed by atoms with Gasteiger partial charge in [0.15, 0.2) is 0 Å². The number of hydrogen-bond donors (Lipinski definition) is 1. The second-order valence-electron chi connectivity index (χ2n) is 8.20. The van der Waals surface area contributed by atoms with Crippen LogP contribution < -0.4 is 5.32 Å². The van der Waals surface area contributed by atoms with Gasteiger partial charge < -0.3 is 9.73 Å². The van der Waals surface area contributed by atoms with Crippen molar-refractivity contribution in [3.05, 3.63) is 65.2 Å². The van der Waals surface area contributed by atoms with Gasteiger partial charge in [0.1, 0.15) is 11.3 Å². The van der Waals surface area contributed by atoms with Crippen molar-refractivity contribution in [2.75, 3.05) is 13.1 Å². The number of hydrogen-bond acceptors (Lipinski definition) is 4. The summed E-state index contributed by atoms with van der Waals surface area (Å²) in [6, 6.07) is 12.2. The Morgan fingerprint density at radius 3 is 2.72 bits per heavy atom. The lowest BCUT2D eigenvalue weighted by atomic mass is 9.87. The largest absolute Gasteiger partial charge is 0.459 e. The fourth-order valence-corrected chi connectivity index (χ4v) is 4.40. The third-order valence-corrected chi connectivity index (χ3v) is 6.03. The summed E-state index contributed by atoms with van der Waals surface area (Å²) in [7, 11) is 0. The van der Waals surface area contributed by atoms with E-state index in [1.807, 2.05) is 18.2 Å². The molecule has 0 unspecified atom stereocenters. The van der Waals surface area contributed by atoms with Gasteiger partial charge in [0, 0.05) is 18.5 Å². The number of benzene rings is 1. The highest BCUT2D eigenvalue weighted by molar-refractivity contribution is 5.82. The number of fused-ring (bicyclic) bond motifs is 1. The zero-order valence-electron chi connectivity index (χ0n) is 17.4. The van der Waals surface area contributed by atoms with Crippen LogP contribution in [-0.4, -0.2) is 28.9 Å². The van der Waals surface area contributed by atoms with Crippen LogP contribution in [0.2, 0.25) is 0 Å². The molecule has 0 saturated carbocycles. The quantitative estimate of drug-likeness (QED) is 0.694. The van der Waals surface area contributed by atoms with Crippen LogP contribution in [0, 0.1) is 19.8 Å². The number of piperidine rings is 1. The monoisotopic (exact) mass is 391 g/mol. The van der Waals surface area contributed by atoms with Crippen molar-refractivity contribution < 1.29 is 9.21 Å². The van der Waals surface area contributed by atoms with E-state index >= 15 is 0 Å². The summed E-state index contributed by atoms with van der Waals surface area (Å²) in [6.07, 6.45) is 3.85. The van der Waals surface area contributed by atoms with Gasteiger partial charge in [0.2, 0.25) is 5.91 Å². The summed E-state index contributed by atoms with van der Waals surface area (Å²) >= 11 is 0. The molecule has 1 aliphatic rings. The SMILES string of the molecule is CC(=O)N[C@@H](c1ccccn1)C1CCN(Cc2oc3ccc(C)cc3c2C)CC1. The van der Waals surface area contributed by atoms with Gasteiger partial charge in [-0.05, 0) is 75.5 Å². The van der Waals surface area contributed by atoms with E-state index in [1.54, 1.807) is 13.1 Å². The highest BCUT2D eigenvalue weighted by Gasteiger charge is 2.29. The van der Waals surface area contributed by atoms with Crippen LogP contribution in [0.25, 0.3) is 11.0 Å². The molecule has 5 nitrogen and oxygen atoms in total. The van der Waals surface area contributed by atoms with Gasteiger partial charge in [-0.15, -0.1) is 0 Å². The van der Waals surface area contributed by atoms with Crippen molar-refractivity contribution in [3.8, 4) is 0 Å². The third kappa shape index (κ3) is 4.35. The number of rotatable bonds is 5. The minimum Gasteiger partial charge on any atom is -0.459 e. The van der Waals surface area contributed by atoms with Gasteiger partial charge in [0.25, 0.3) is 0 Å². The molecule has 1 atom stereocenters. The topological polar surface area (TPSA) is 58.4 Å². The maximum absolute atomic E-state index is 11.8. The molecule has 0 spiro atoms. The van der Waals surface area contributed by atoms with Gasteiger partial charge >= 0.3 is 0 Å². The van der Waals surface area contributed by atoms with Crippen LogP contribution in [0.4, 0.5) is 0 Å². The zero-order chi connectivity index (χ0) is 20.4. The molecule has 1 N–H and O–H groups in total. The normalized spacial score (nSPS) is 16.8. The van der Waals surface area contributed by atoms with Crippen LogP contribution in [0.5, 0.6) is 0 Å². The summed E-state index contributed by atoms with van der Waals surface area (Å²) in [5.41, 5.74) is 4.42. The smallest absolute Gasteiger partial charge is 0.217 e. The first-order valence-corrected chi connectivity index (χ1v) is 10.4. The lowest BCUT2D eigenvalue weighted by Gasteiger charge is -2.35. The van der Waals surface area contributed by atoms with E-state index in [0.717, 1.165) is 49.5 Å². The first-order chi connectivity index (χ1) is 14.0. The lowest BCUT2D eigenvalue weighted by Crippen LogP contribution is -2.40. The second-order valence-corrected chi connectivity index (χ2v) is 8.20. The van der Waals surface area contributed by atoms with Crippen LogP contribution in [0.3, 0.4) is 0 Å². The number of pyridine rings is 1. The summed E-state index contributed by atoms with van der Waals surface area (Å²) in [5.74, 6) is 1.45. The Balaban J connectivity index is 1.43. The molecule has 3 heterocycles. The van der Waals surface area contributed by atoms with E-state index in [9.17, 15) is 4.79 Å². The molecule has 29 heavy (non-hydrogen) atoms. The van der Waals surface area contributed by atoms with Crippen LogP contribution in [0.15, 0.2) is 47.0 Å². The van der Waals surface area contributed by atoms with E-state index in [-0.39, 0.29) is 11.9 Å². The van der Waals surface area contributed by atoms with Gasteiger partial charge in [-0.3, -0.25) is 14.7 Å². The highest BCUT2D eigenvalue weighted by atomic mass is 16.3. The van der Waals surface area contributed by atoms with Crippen molar-refractivity contribution in [3.63, 3.8) is 0 Å². The Morgan fingerprint density at radius 1 is 1.24 bits per heavy atom. The fraction of sp³-hybridized carbons (Fsp3) is 0.417. The third-order valence-electron chi connectivity index (χ3n) is 6.03. The molecular formula is C24H29N3O2. The summed E-state index contributed by atoms with van der Waals surface area (Å²) in [6.45, 7) is 8.66. The predicted molar refractivity (Wildman–Crippen MR) is 114 cm³/mol. The molecule has 1 aliphatic heterocycles. The minimum atomic E-state index is -0.0215. The molecule has 3 aromatic rings. The Labute approximate surface area is 172 Å². The Morgan fingerprint density at radius 2 is 2.03 bits per heavy atom. The Hall–Kier alpha value is -2.66. The second kappa shape index (κ2) is 8.37. The maximum Gasteiger partial charge on any atom is 0.217 e. The molecule has 1 aromatic carbocycles. The van der Waals surface area contributed by atoms with Crippen LogP contribution >= 0.6 is 0 Å². The Kier molecular flexibility index (Phi) is 5.67. The average molecular weight is 392 g/mol. The van der Waals surface area contributed by atoms with Crippen LogP contribution in [-0.2, 0) is 11.3 Å². The van der Waals surface area contributed by atoms with Crippen molar-refractivity contribution in [2.45, 2.75) is 46.2 Å². The fourth-order valence-electron chi connectivity index (χ4n) is 4.40. The summed E-state index contributed by atoms with van der Waals surface area (Å²) < 4.78 is 6.14. The molecule has 4 rings (SSSR count). The summed E-state index contributed by atoms with van der Waals surface area (Å²) in [5, 5.41) is 4.34. The molecule has 2 aromatic heterocycles. The molecule has 1 amide bonds. The highest BCUT2D eigenvalue weighted by Crippen LogP contribution is 2.32. The first-order valence-electron chi connectivity index (χ1n) is 10.4. The minimum absolute atomic E-state index is 0.00345. The number of carbonyl (C=O) groups is 1. The van der Waals surface area contributed by atoms with Crippen LogP contribution in [0.1, 0.15) is 48.4 Å². The Bertz CT molecular complexity index is 988. The summed E-state index contributed by atoms with van der Waals surface area (Å²) in [4.78, 5) is 18.7. The maximum atomic E-state index is 11.8. The number of nitrogens with zero attached hydrogens (tertiary/aromatic N) is 2. The molecular weight excluding hydrogens is 362 g/mol. The standard InChI is InChI=1S/C24H29N3O2/c1-16-7-8-22-20(14-16)17(2)23(29-22)15-27-12-9-19(10-13-27)24(26-18(3)28)21-6-4-5-11-25-21/h4-8,11,14,19,24H,9-10,12-13,15H2,1-3H3,(H,26,28)/t24-/m1/s1. The predicted octanol–water partition coefficient (Wildman–Crippen LogP) is 4.53. The van der Waals surface area contributed by atoms with E-state index in [1.165, 1.54) is 16.5 Å². The number of aryl methyl sites for hydroxylation is 2. The van der Waals surface area contributed by atoms with Gasteiger partial charge in [0.05, 0.1) is 18.3 Å². The molecule has 5 heteroatoms. The van der Waals surface area contributed by atoms with E-state index in [4.69, 9.17) is 4.42 Å². The van der Waals surface area contributed by atoms with Crippen molar-refractivity contribution >= 4 is 16.9 Å². The number of likely N-dealkylation sites (tertiary alicyclic amines) is 1. The van der Waals surface area contributed by atoms with Crippen molar-refractivity contribution in [1.82, 2.24) is 15.2 Å². The number of furan rings is 1. The lowest BCUT2D eigenvalue weighted by molar-refractivity contribution is -0.120. The molecule has 1 fully saturated rings. The zero-order valence-corrected chi connectivity index (χ0v) is 17.4. The molecule has 0 aliphatic carbocycles. The first kappa shape index (κ1) is 19.6. The van der Waals surface area contributed by atoms with E-state index in [2.05, 4.69) is 47.2 Å². The number of aromatic nitrogens is 1. The van der Waals surface area contributed by atoms with E-state index < -0.39 is 0 Å². The van der Waals surface area contributed by atoms with Gasteiger partial charge in [-0.1, -0.05) is 17.7 Å². The number of amides is 1. The van der Waals surface area contributed by atoms with Gasteiger partial charge in [-0.2, -0.15) is 0 Å². The molecule has 1 saturated heterocycles. The van der Waals surface area contributed by atoms with Crippen molar-refractivity contribution in [2.24, 2.45) is 5.92 Å².